The zero-order valence-electron chi connectivity index (χ0n) is 8.60. The molecular weight excluding hydrogens is 144 g/mol. The highest BCUT2D eigenvalue weighted by Crippen LogP contribution is 2.27. The predicted molar refractivity (Wildman–Crippen MR) is 55.2 cm³/mol. The van der Waals surface area contributed by atoms with Crippen LogP contribution in [0, 0.1) is 5.92 Å². The molecule has 1 aliphatic carbocycles. The third-order valence-corrected chi connectivity index (χ3v) is 2.86. The van der Waals surface area contributed by atoms with E-state index >= 15 is 0 Å². The van der Waals surface area contributed by atoms with Crippen LogP contribution >= 0.6 is 0 Å². The highest BCUT2D eigenvalue weighted by molar-refractivity contribution is 5.07. The Morgan fingerprint density at radius 3 is 2.75 bits per heavy atom. The lowest BCUT2D eigenvalue weighted by Crippen LogP contribution is -1.90. The fourth-order valence-electron chi connectivity index (χ4n) is 2.04. The van der Waals surface area contributed by atoms with E-state index in [0.29, 0.717) is 0 Å². The van der Waals surface area contributed by atoms with Crippen molar-refractivity contribution in [2.75, 3.05) is 0 Å². The summed E-state index contributed by atoms with van der Waals surface area (Å²) in [5.41, 5.74) is 1.62. The third-order valence-electron chi connectivity index (χ3n) is 2.86. The first-order chi connectivity index (χ1) is 5.83. The first kappa shape index (κ1) is 9.83. The Bertz CT molecular complexity index is 144. The third kappa shape index (κ3) is 3.42. The molecule has 12 heavy (non-hydrogen) atoms. The van der Waals surface area contributed by atoms with Gasteiger partial charge >= 0.3 is 0 Å². The van der Waals surface area contributed by atoms with Crippen molar-refractivity contribution in [2.24, 2.45) is 5.92 Å². The Kier molecular flexibility index (Phi) is 4.42. The minimum atomic E-state index is 0.932. The van der Waals surface area contributed by atoms with Crippen LogP contribution in [0.5, 0.6) is 0 Å². The van der Waals surface area contributed by atoms with Crippen LogP contribution in [-0.4, -0.2) is 0 Å². The van der Waals surface area contributed by atoms with Gasteiger partial charge < -0.3 is 0 Å². The van der Waals surface area contributed by atoms with Gasteiger partial charge in [-0.25, -0.2) is 0 Å². The highest BCUT2D eigenvalue weighted by atomic mass is 14.2. The fourth-order valence-corrected chi connectivity index (χ4v) is 2.04. The Labute approximate surface area is 77.1 Å². The Hall–Kier alpha value is -0.260. The largest absolute Gasteiger partial charge is 0.0825 e. The molecule has 0 spiro atoms. The lowest BCUT2D eigenvalue weighted by Gasteiger charge is -2.05. The lowest BCUT2D eigenvalue weighted by molar-refractivity contribution is 0.522. The maximum Gasteiger partial charge on any atom is -0.0228 e. The van der Waals surface area contributed by atoms with Crippen LogP contribution in [0.1, 0.15) is 58.8 Å². The molecule has 0 aromatic carbocycles. The summed E-state index contributed by atoms with van der Waals surface area (Å²) in [7, 11) is 0. The summed E-state index contributed by atoms with van der Waals surface area (Å²) in [6.07, 6.45) is 12.4. The molecule has 0 heterocycles. The van der Waals surface area contributed by atoms with Gasteiger partial charge in [0.2, 0.25) is 0 Å². The molecule has 0 aromatic heterocycles. The molecule has 1 atom stereocenters. The van der Waals surface area contributed by atoms with Crippen molar-refractivity contribution in [3.05, 3.63) is 11.6 Å². The first-order valence-corrected chi connectivity index (χ1v) is 5.50. The smallest absolute Gasteiger partial charge is 0.0228 e. The van der Waals surface area contributed by atoms with Crippen molar-refractivity contribution in [3.63, 3.8) is 0 Å². The maximum absolute atomic E-state index is 2.49. The van der Waals surface area contributed by atoms with E-state index in [1.807, 2.05) is 0 Å². The average Bonchev–Trinajstić information content (AvgIpc) is 2.45. The zero-order valence-corrected chi connectivity index (χ0v) is 8.60. The summed E-state index contributed by atoms with van der Waals surface area (Å²) in [6, 6.07) is 0. The van der Waals surface area contributed by atoms with E-state index in [4.69, 9.17) is 0 Å². The molecule has 0 heteroatoms. The molecule has 0 fully saturated rings. The number of hydrogen-bond donors (Lipinski definition) is 0. The number of hydrogen-bond acceptors (Lipinski definition) is 0. The summed E-state index contributed by atoms with van der Waals surface area (Å²) >= 11 is 0. The maximum atomic E-state index is 2.49. The van der Waals surface area contributed by atoms with Crippen LogP contribution in [0.4, 0.5) is 0 Å². The predicted octanol–water partition coefficient (Wildman–Crippen LogP) is 4.31. The van der Waals surface area contributed by atoms with Crippen LogP contribution in [0.2, 0.25) is 0 Å². The molecule has 1 unspecified atom stereocenters. The second-order valence-electron chi connectivity index (χ2n) is 4.16. The van der Waals surface area contributed by atoms with Crippen molar-refractivity contribution in [1.82, 2.24) is 0 Å². The monoisotopic (exact) mass is 166 g/mol. The van der Waals surface area contributed by atoms with E-state index in [1.165, 1.54) is 44.9 Å². The molecule has 0 aromatic rings. The van der Waals surface area contributed by atoms with Crippen molar-refractivity contribution >= 4 is 0 Å². The van der Waals surface area contributed by atoms with E-state index in [-0.39, 0.29) is 0 Å². The molecule has 1 aliphatic rings. The van der Waals surface area contributed by atoms with Gasteiger partial charge in [0.15, 0.2) is 0 Å². The van der Waals surface area contributed by atoms with Gasteiger partial charge in [-0.15, -0.1) is 0 Å². The van der Waals surface area contributed by atoms with Crippen LogP contribution in [0.25, 0.3) is 0 Å². The molecular formula is C12H22. The summed E-state index contributed by atoms with van der Waals surface area (Å²) in [6.45, 7) is 4.55. The van der Waals surface area contributed by atoms with Crippen molar-refractivity contribution in [1.29, 1.82) is 0 Å². The van der Waals surface area contributed by atoms with Crippen molar-refractivity contribution in [2.45, 2.75) is 58.8 Å². The summed E-state index contributed by atoms with van der Waals surface area (Å²) in [5, 5.41) is 0. The number of unbranched alkanes of at least 4 members (excludes halogenated alkanes) is 3. The average molecular weight is 166 g/mol. The fraction of sp³-hybridized carbons (Fsp3) is 0.833. The topological polar surface area (TPSA) is 0 Å². The summed E-state index contributed by atoms with van der Waals surface area (Å²) < 4.78 is 0. The second-order valence-corrected chi connectivity index (χ2v) is 4.16. The van der Waals surface area contributed by atoms with Crippen molar-refractivity contribution in [3.8, 4) is 0 Å². The van der Waals surface area contributed by atoms with Crippen molar-refractivity contribution < 1.29 is 0 Å². The lowest BCUT2D eigenvalue weighted by atomic mass is 10.0. The normalized spacial score (nSPS) is 22.8. The molecule has 1 rings (SSSR count). The van der Waals surface area contributed by atoms with Crippen LogP contribution in [0.3, 0.4) is 0 Å². The molecule has 0 saturated carbocycles. The van der Waals surface area contributed by atoms with Gasteiger partial charge in [0, 0.05) is 0 Å². The molecule has 0 saturated heterocycles. The first-order valence-electron chi connectivity index (χ1n) is 5.50. The van der Waals surface area contributed by atoms with Gasteiger partial charge in [-0.2, -0.15) is 0 Å². The Morgan fingerprint density at radius 2 is 2.17 bits per heavy atom. The Balaban J connectivity index is 2.01. The number of rotatable bonds is 5. The van der Waals surface area contributed by atoms with Gasteiger partial charge in [-0.1, -0.05) is 44.3 Å². The Morgan fingerprint density at radius 1 is 1.33 bits per heavy atom. The molecule has 0 aliphatic heterocycles. The molecule has 0 radical (unpaired) electrons. The zero-order chi connectivity index (χ0) is 8.81. The highest BCUT2D eigenvalue weighted by Gasteiger charge is 2.11. The van der Waals surface area contributed by atoms with Gasteiger partial charge in [0.05, 0.1) is 0 Å². The van der Waals surface area contributed by atoms with Gasteiger partial charge in [0.25, 0.3) is 0 Å². The number of allylic oxidation sites excluding steroid dienone is 2. The van der Waals surface area contributed by atoms with Crippen LogP contribution in [0.15, 0.2) is 11.6 Å². The van der Waals surface area contributed by atoms with Gasteiger partial charge in [0.1, 0.15) is 0 Å². The summed E-state index contributed by atoms with van der Waals surface area (Å²) in [5.74, 6) is 0.932. The minimum absolute atomic E-state index is 0.932. The van der Waals surface area contributed by atoms with E-state index in [9.17, 15) is 0 Å². The van der Waals surface area contributed by atoms with Crippen LogP contribution < -0.4 is 0 Å². The second kappa shape index (κ2) is 5.40. The van der Waals surface area contributed by atoms with Gasteiger partial charge in [-0.3, -0.25) is 0 Å². The molecule has 70 valence electrons. The minimum Gasteiger partial charge on any atom is -0.0825 e. The molecule has 0 nitrogen and oxygen atoms in total. The summed E-state index contributed by atoms with van der Waals surface area (Å²) in [4.78, 5) is 0. The van der Waals surface area contributed by atoms with Gasteiger partial charge in [-0.05, 0) is 32.1 Å². The van der Waals surface area contributed by atoms with E-state index in [2.05, 4.69) is 19.9 Å². The van der Waals surface area contributed by atoms with E-state index in [0.717, 1.165) is 5.92 Å². The SMILES string of the molecule is CCCCCCC1C=C(C)CC1. The van der Waals surface area contributed by atoms with Crippen LogP contribution in [-0.2, 0) is 0 Å². The molecule has 0 amide bonds. The molecule has 0 bridgehead atoms. The quantitative estimate of drug-likeness (QED) is 0.421. The van der Waals surface area contributed by atoms with E-state index < -0.39 is 0 Å². The van der Waals surface area contributed by atoms with E-state index in [1.54, 1.807) is 5.57 Å². The standard InChI is InChI=1S/C12H22/c1-3-4-5-6-7-12-9-8-11(2)10-12/h10,12H,3-9H2,1-2H3. The molecule has 0 N–H and O–H groups in total.